The average Bonchev–Trinajstić information content (AvgIpc) is 2.84. The Balaban J connectivity index is 1.33. The van der Waals surface area contributed by atoms with Crippen LogP contribution in [0.2, 0.25) is 0 Å². The lowest BCUT2D eigenvalue weighted by Gasteiger charge is -2.13. The highest BCUT2D eigenvalue weighted by molar-refractivity contribution is 5.17. The summed E-state index contributed by atoms with van der Waals surface area (Å²) in [4.78, 5) is 0. The maximum Gasteiger partial charge on any atom is 0.133 e. The fourth-order valence-corrected chi connectivity index (χ4v) is 4.43. The summed E-state index contributed by atoms with van der Waals surface area (Å²) >= 11 is 0. The minimum absolute atomic E-state index is 0.496. The van der Waals surface area contributed by atoms with Gasteiger partial charge in [-0.05, 0) is 55.1 Å². The maximum atomic E-state index is 9.94. The minimum Gasteiger partial charge on any atom is -0.467 e. The molecule has 2 bridgehead atoms. The second-order valence-corrected chi connectivity index (χ2v) is 5.95. The summed E-state index contributed by atoms with van der Waals surface area (Å²) in [6.45, 7) is 0.630. The summed E-state index contributed by atoms with van der Waals surface area (Å²) in [7, 11) is 0. The van der Waals surface area contributed by atoms with Crippen LogP contribution in [0.4, 0.5) is 0 Å². The zero-order chi connectivity index (χ0) is 11.4. The van der Waals surface area contributed by atoms with E-state index >= 15 is 0 Å². The third kappa shape index (κ3) is 1.49. The highest BCUT2D eigenvalue weighted by Gasteiger charge is 2.64. The molecule has 0 amide bonds. The molecule has 1 aromatic heterocycles. The molecule has 0 spiro atoms. The molecule has 3 aliphatic rings. The van der Waals surface area contributed by atoms with Gasteiger partial charge in [-0.1, -0.05) is 0 Å². The first-order chi connectivity index (χ1) is 8.34. The van der Waals surface area contributed by atoms with Crippen LogP contribution in [-0.2, 0) is 0 Å². The smallest absolute Gasteiger partial charge is 0.133 e. The molecule has 1 aromatic rings. The molecule has 0 aliphatic heterocycles. The summed E-state index contributed by atoms with van der Waals surface area (Å²) in [5.74, 6) is 4.51. The average molecular weight is 233 g/mol. The van der Waals surface area contributed by atoms with Crippen LogP contribution >= 0.6 is 0 Å². The van der Waals surface area contributed by atoms with Crippen molar-refractivity contribution in [1.82, 2.24) is 5.32 Å². The van der Waals surface area contributed by atoms with Crippen molar-refractivity contribution < 1.29 is 9.52 Å². The standard InChI is InChI=1S/C14H19NO2/c16-10(11-2-1-5-17-11)7-15-14-12-8-3-4-9(6-8)13(12)14/h1-2,5,8-10,12-16H,3-4,6-7H2. The Hall–Kier alpha value is -0.800. The van der Waals surface area contributed by atoms with Gasteiger partial charge in [0.2, 0.25) is 0 Å². The highest BCUT2D eigenvalue weighted by Crippen LogP contribution is 2.65. The normalized spacial score (nSPS) is 43.7. The van der Waals surface area contributed by atoms with Crippen LogP contribution in [0.5, 0.6) is 0 Å². The van der Waals surface area contributed by atoms with Gasteiger partial charge in [0.15, 0.2) is 0 Å². The van der Waals surface area contributed by atoms with E-state index in [9.17, 15) is 5.11 Å². The molecule has 3 aliphatic carbocycles. The van der Waals surface area contributed by atoms with Crippen LogP contribution in [-0.4, -0.2) is 17.7 Å². The van der Waals surface area contributed by atoms with Crippen molar-refractivity contribution in [2.24, 2.45) is 23.7 Å². The molecular formula is C14H19NO2. The van der Waals surface area contributed by atoms with E-state index in [0.29, 0.717) is 18.3 Å². The summed E-state index contributed by atoms with van der Waals surface area (Å²) in [6, 6.07) is 4.35. The van der Waals surface area contributed by atoms with Gasteiger partial charge in [-0.25, -0.2) is 0 Å². The van der Waals surface area contributed by atoms with Gasteiger partial charge in [-0.15, -0.1) is 0 Å². The Labute approximate surface area is 101 Å². The molecule has 1 heterocycles. The Bertz CT molecular complexity index is 386. The molecule has 3 nitrogen and oxygen atoms in total. The number of hydrogen-bond donors (Lipinski definition) is 2. The largest absolute Gasteiger partial charge is 0.467 e. The van der Waals surface area contributed by atoms with Gasteiger partial charge in [0.1, 0.15) is 11.9 Å². The van der Waals surface area contributed by atoms with E-state index in [0.717, 1.165) is 23.7 Å². The second-order valence-electron chi connectivity index (χ2n) is 5.95. The van der Waals surface area contributed by atoms with Crippen LogP contribution in [0.25, 0.3) is 0 Å². The van der Waals surface area contributed by atoms with Gasteiger partial charge in [-0.2, -0.15) is 0 Å². The predicted molar refractivity (Wildman–Crippen MR) is 63.3 cm³/mol. The van der Waals surface area contributed by atoms with Crippen LogP contribution in [0.15, 0.2) is 22.8 Å². The summed E-state index contributed by atoms with van der Waals surface area (Å²) in [6.07, 6.45) is 5.50. The zero-order valence-electron chi connectivity index (χ0n) is 9.88. The number of hydrogen-bond acceptors (Lipinski definition) is 3. The molecule has 0 aromatic carbocycles. The Morgan fingerprint density at radius 3 is 2.76 bits per heavy atom. The van der Waals surface area contributed by atoms with Crippen LogP contribution in [0.3, 0.4) is 0 Å². The van der Waals surface area contributed by atoms with E-state index in [1.165, 1.54) is 19.3 Å². The molecular weight excluding hydrogens is 214 g/mol. The first-order valence-corrected chi connectivity index (χ1v) is 6.79. The Kier molecular flexibility index (Phi) is 2.15. The molecule has 17 heavy (non-hydrogen) atoms. The molecule has 0 saturated heterocycles. The number of furan rings is 1. The lowest BCUT2D eigenvalue weighted by molar-refractivity contribution is 0.145. The number of aliphatic hydroxyl groups is 1. The van der Waals surface area contributed by atoms with Gasteiger partial charge in [0.25, 0.3) is 0 Å². The minimum atomic E-state index is -0.496. The van der Waals surface area contributed by atoms with Gasteiger partial charge in [0.05, 0.1) is 6.26 Å². The fourth-order valence-electron chi connectivity index (χ4n) is 4.43. The van der Waals surface area contributed by atoms with Crippen molar-refractivity contribution >= 4 is 0 Å². The van der Waals surface area contributed by atoms with Crippen molar-refractivity contribution in [3.63, 3.8) is 0 Å². The highest BCUT2D eigenvalue weighted by atomic mass is 16.4. The molecule has 92 valence electrons. The number of rotatable bonds is 4. The number of nitrogens with one attached hydrogen (secondary N) is 1. The van der Waals surface area contributed by atoms with Gasteiger partial charge in [0, 0.05) is 12.6 Å². The van der Waals surface area contributed by atoms with Crippen molar-refractivity contribution in [1.29, 1.82) is 0 Å². The lowest BCUT2D eigenvalue weighted by atomic mass is 10.0. The molecule has 5 atom stereocenters. The third-order valence-corrected chi connectivity index (χ3v) is 5.15. The topological polar surface area (TPSA) is 45.4 Å². The van der Waals surface area contributed by atoms with Crippen molar-refractivity contribution in [2.45, 2.75) is 31.4 Å². The first kappa shape index (κ1) is 10.2. The van der Waals surface area contributed by atoms with Crippen LogP contribution in [0.1, 0.15) is 31.1 Å². The first-order valence-electron chi connectivity index (χ1n) is 6.79. The zero-order valence-corrected chi connectivity index (χ0v) is 9.88. The SMILES string of the molecule is OC(CNC1C2C3CCC(C3)C12)c1ccco1. The van der Waals surface area contributed by atoms with Gasteiger partial charge >= 0.3 is 0 Å². The summed E-state index contributed by atoms with van der Waals surface area (Å²) in [5, 5.41) is 13.5. The molecule has 4 rings (SSSR count). The number of aliphatic hydroxyl groups excluding tert-OH is 1. The summed E-state index contributed by atoms with van der Waals surface area (Å²) in [5.41, 5.74) is 0. The van der Waals surface area contributed by atoms with E-state index in [4.69, 9.17) is 4.42 Å². The quantitative estimate of drug-likeness (QED) is 0.835. The van der Waals surface area contributed by atoms with Crippen molar-refractivity contribution in [2.75, 3.05) is 6.54 Å². The number of fused-ring (bicyclic) bond motifs is 5. The predicted octanol–water partition coefficient (Wildman–Crippen LogP) is 1.95. The maximum absolute atomic E-state index is 9.94. The van der Waals surface area contributed by atoms with E-state index in [1.54, 1.807) is 6.26 Å². The van der Waals surface area contributed by atoms with E-state index in [2.05, 4.69) is 5.32 Å². The van der Waals surface area contributed by atoms with Crippen molar-refractivity contribution in [3.05, 3.63) is 24.2 Å². The van der Waals surface area contributed by atoms with E-state index < -0.39 is 6.10 Å². The van der Waals surface area contributed by atoms with Crippen molar-refractivity contribution in [3.8, 4) is 0 Å². The molecule has 3 heteroatoms. The lowest BCUT2D eigenvalue weighted by Crippen LogP contribution is -2.27. The molecule has 3 fully saturated rings. The molecule has 0 radical (unpaired) electrons. The Morgan fingerprint density at radius 2 is 2.12 bits per heavy atom. The summed E-state index contributed by atoms with van der Waals surface area (Å²) < 4.78 is 5.21. The second kappa shape index (κ2) is 3.59. The van der Waals surface area contributed by atoms with E-state index in [-0.39, 0.29) is 0 Å². The van der Waals surface area contributed by atoms with Crippen LogP contribution < -0.4 is 5.32 Å². The fraction of sp³-hybridized carbons (Fsp3) is 0.714. The van der Waals surface area contributed by atoms with Gasteiger partial charge < -0.3 is 14.8 Å². The van der Waals surface area contributed by atoms with Gasteiger partial charge in [-0.3, -0.25) is 0 Å². The molecule has 2 N–H and O–H groups in total. The van der Waals surface area contributed by atoms with E-state index in [1.807, 2.05) is 12.1 Å². The molecule has 5 unspecified atom stereocenters. The molecule has 3 saturated carbocycles. The monoisotopic (exact) mass is 233 g/mol. The van der Waals surface area contributed by atoms with Crippen LogP contribution in [0, 0.1) is 23.7 Å². The Morgan fingerprint density at radius 1 is 1.35 bits per heavy atom. The third-order valence-electron chi connectivity index (χ3n) is 5.15.